The fraction of sp³-hybridized carbons (Fsp3) is 0.0667. The van der Waals surface area contributed by atoms with Crippen molar-refractivity contribution in [2.24, 2.45) is 5.10 Å². The highest BCUT2D eigenvalue weighted by molar-refractivity contribution is 14.1. The first-order chi connectivity index (χ1) is 11.4. The Labute approximate surface area is 164 Å². The van der Waals surface area contributed by atoms with E-state index in [9.17, 15) is 20.0 Å². The molecule has 0 saturated heterocycles. The maximum absolute atomic E-state index is 11.9. The zero-order valence-corrected chi connectivity index (χ0v) is 16.4. The molecule has 0 unspecified atom stereocenters. The number of rotatable bonds is 5. The number of amides is 1. The van der Waals surface area contributed by atoms with Gasteiger partial charge < -0.3 is 5.11 Å². The van der Waals surface area contributed by atoms with E-state index in [1.807, 2.05) is 22.6 Å². The summed E-state index contributed by atoms with van der Waals surface area (Å²) in [6, 6.07) is 9.56. The molecular formula is C15H11I2N3O4. The molecule has 0 fully saturated rings. The third-order valence-corrected chi connectivity index (χ3v) is 4.43. The van der Waals surface area contributed by atoms with Gasteiger partial charge in [-0.05, 0) is 57.3 Å². The van der Waals surface area contributed by atoms with Crippen molar-refractivity contribution in [1.29, 1.82) is 0 Å². The lowest BCUT2D eigenvalue weighted by atomic mass is 10.1. The molecule has 2 aromatic carbocycles. The zero-order chi connectivity index (χ0) is 17.7. The summed E-state index contributed by atoms with van der Waals surface area (Å²) in [5.41, 5.74) is 2.97. The molecule has 9 heteroatoms. The topological polar surface area (TPSA) is 105 Å². The van der Waals surface area contributed by atoms with Gasteiger partial charge in [-0.2, -0.15) is 5.10 Å². The average Bonchev–Trinajstić information content (AvgIpc) is 2.52. The lowest BCUT2D eigenvalue weighted by Crippen LogP contribution is -2.20. The first-order valence-electron chi connectivity index (χ1n) is 6.60. The van der Waals surface area contributed by atoms with E-state index in [4.69, 9.17) is 0 Å². The first kappa shape index (κ1) is 18.6. The van der Waals surface area contributed by atoms with Crippen LogP contribution in [0.2, 0.25) is 0 Å². The maximum atomic E-state index is 11.9. The highest BCUT2D eigenvalue weighted by atomic mass is 127. The molecule has 1 amide bonds. The van der Waals surface area contributed by atoms with Crippen molar-refractivity contribution in [3.8, 4) is 5.75 Å². The number of para-hydroxylation sites is 1. The van der Waals surface area contributed by atoms with E-state index in [1.165, 1.54) is 18.3 Å². The second-order valence-electron chi connectivity index (χ2n) is 4.68. The summed E-state index contributed by atoms with van der Waals surface area (Å²) in [6.07, 6.45) is 1.17. The number of phenolic OH excluding ortho intramolecular Hbond substituents is 1. The van der Waals surface area contributed by atoms with Crippen LogP contribution in [0.5, 0.6) is 5.75 Å². The van der Waals surface area contributed by atoms with Crippen molar-refractivity contribution in [2.75, 3.05) is 0 Å². The van der Waals surface area contributed by atoms with Crippen molar-refractivity contribution in [3.05, 3.63) is 64.8 Å². The maximum Gasteiger partial charge on any atom is 0.273 e. The summed E-state index contributed by atoms with van der Waals surface area (Å²) >= 11 is 4.11. The highest BCUT2D eigenvalue weighted by Crippen LogP contribution is 2.25. The van der Waals surface area contributed by atoms with Gasteiger partial charge in [-0.1, -0.05) is 18.2 Å². The molecule has 0 aromatic heterocycles. The number of nitro groups is 1. The molecule has 0 aliphatic carbocycles. The van der Waals surface area contributed by atoms with E-state index in [-0.39, 0.29) is 17.9 Å². The molecule has 0 bridgehead atoms. The van der Waals surface area contributed by atoms with Crippen LogP contribution in [0.4, 0.5) is 5.69 Å². The van der Waals surface area contributed by atoms with Crippen LogP contribution < -0.4 is 5.43 Å². The Bertz CT molecular complexity index is 824. The smallest absolute Gasteiger partial charge is 0.273 e. The van der Waals surface area contributed by atoms with Crippen LogP contribution >= 0.6 is 45.2 Å². The lowest BCUT2D eigenvalue weighted by molar-refractivity contribution is -0.385. The Morgan fingerprint density at radius 2 is 2.04 bits per heavy atom. The molecule has 2 aromatic rings. The van der Waals surface area contributed by atoms with Gasteiger partial charge in [-0.25, -0.2) is 5.43 Å². The quantitative estimate of drug-likeness (QED) is 0.258. The average molecular weight is 551 g/mol. The van der Waals surface area contributed by atoms with Crippen molar-refractivity contribution < 1.29 is 14.8 Å². The Hall–Kier alpha value is -1.76. The normalized spacial score (nSPS) is 10.8. The van der Waals surface area contributed by atoms with Crippen molar-refractivity contribution in [3.63, 3.8) is 0 Å². The van der Waals surface area contributed by atoms with E-state index in [2.05, 4.69) is 33.1 Å². The summed E-state index contributed by atoms with van der Waals surface area (Å²) in [5.74, 6) is -0.409. The fourth-order valence-electron chi connectivity index (χ4n) is 1.91. The van der Waals surface area contributed by atoms with Gasteiger partial charge in [0.05, 0.1) is 21.1 Å². The minimum absolute atomic E-state index is 0.0766. The third-order valence-electron chi connectivity index (χ3n) is 2.99. The number of hydrogen-bond acceptors (Lipinski definition) is 5. The Morgan fingerprint density at radius 1 is 1.33 bits per heavy atom. The molecule has 2 rings (SSSR count). The minimum Gasteiger partial charge on any atom is -0.506 e. The van der Waals surface area contributed by atoms with Gasteiger partial charge in [0.2, 0.25) is 5.91 Å². The molecule has 0 heterocycles. The molecule has 0 saturated carbocycles. The number of halogens is 2. The van der Waals surface area contributed by atoms with Crippen LogP contribution in [0.1, 0.15) is 11.1 Å². The molecule has 24 heavy (non-hydrogen) atoms. The number of phenols is 1. The van der Waals surface area contributed by atoms with Crippen LogP contribution in [-0.2, 0) is 11.2 Å². The summed E-state index contributed by atoms with van der Waals surface area (Å²) in [6.45, 7) is 0. The molecule has 7 nitrogen and oxygen atoms in total. The standard InChI is InChI=1S/C15H11I2N3O4/c16-11-5-10(15(22)12(17)7-11)8-18-19-14(21)6-9-3-1-2-4-13(9)20(23)24/h1-5,7-8,22H,6H2,(H,19,21)/b18-8+. The summed E-state index contributed by atoms with van der Waals surface area (Å²) < 4.78 is 1.59. The molecule has 0 aliphatic heterocycles. The second-order valence-corrected chi connectivity index (χ2v) is 7.09. The zero-order valence-electron chi connectivity index (χ0n) is 12.1. The van der Waals surface area contributed by atoms with E-state index < -0.39 is 10.8 Å². The summed E-state index contributed by atoms with van der Waals surface area (Å²) in [7, 11) is 0. The number of aromatic hydroxyl groups is 1. The third kappa shape index (κ3) is 4.87. The number of nitrogens with zero attached hydrogens (tertiary/aromatic N) is 2. The number of hydrogen-bond donors (Lipinski definition) is 2. The van der Waals surface area contributed by atoms with Crippen LogP contribution in [-0.4, -0.2) is 22.2 Å². The minimum atomic E-state index is -0.530. The van der Waals surface area contributed by atoms with Gasteiger partial charge in [-0.15, -0.1) is 0 Å². The molecular weight excluding hydrogens is 540 g/mol. The van der Waals surface area contributed by atoms with Crippen LogP contribution in [0.15, 0.2) is 41.5 Å². The number of carbonyl (C=O) groups excluding carboxylic acids is 1. The Morgan fingerprint density at radius 3 is 2.75 bits per heavy atom. The van der Waals surface area contributed by atoms with Gasteiger partial charge in [-0.3, -0.25) is 14.9 Å². The van der Waals surface area contributed by atoms with Gasteiger partial charge in [0.15, 0.2) is 0 Å². The molecule has 0 aliphatic rings. The summed E-state index contributed by atoms with van der Waals surface area (Å²) in [5, 5.41) is 24.6. The highest BCUT2D eigenvalue weighted by Gasteiger charge is 2.15. The fourth-order valence-corrected chi connectivity index (χ4v) is 3.80. The predicted octanol–water partition coefficient (Wildman–Crippen LogP) is 3.20. The molecule has 0 radical (unpaired) electrons. The molecule has 0 spiro atoms. The number of benzene rings is 2. The van der Waals surface area contributed by atoms with E-state index in [0.717, 1.165) is 3.57 Å². The number of nitrogens with one attached hydrogen (secondary N) is 1. The first-order valence-corrected chi connectivity index (χ1v) is 8.76. The van der Waals surface area contributed by atoms with E-state index in [1.54, 1.807) is 24.3 Å². The molecule has 0 atom stereocenters. The SMILES string of the molecule is O=C(Cc1ccccc1[N+](=O)[O-])N/N=C/c1cc(I)cc(I)c1O. The summed E-state index contributed by atoms with van der Waals surface area (Å²) in [4.78, 5) is 22.3. The van der Waals surface area contributed by atoms with E-state index >= 15 is 0 Å². The lowest BCUT2D eigenvalue weighted by Gasteiger charge is -2.04. The predicted molar refractivity (Wildman–Crippen MR) is 106 cm³/mol. The Kier molecular flexibility index (Phi) is 6.48. The van der Waals surface area contributed by atoms with Gasteiger partial charge in [0.1, 0.15) is 5.75 Å². The van der Waals surface area contributed by atoms with Gasteiger partial charge >= 0.3 is 0 Å². The Balaban J connectivity index is 2.06. The molecule has 124 valence electrons. The monoisotopic (exact) mass is 551 g/mol. The van der Waals surface area contributed by atoms with Crippen molar-refractivity contribution in [2.45, 2.75) is 6.42 Å². The second kappa shape index (κ2) is 8.37. The van der Waals surface area contributed by atoms with Gasteiger partial charge in [0, 0.05) is 20.8 Å². The van der Waals surface area contributed by atoms with Crippen molar-refractivity contribution >= 4 is 63.0 Å². The van der Waals surface area contributed by atoms with Crippen molar-refractivity contribution in [1.82, 2.24) is 5.43 Å². The van der Waals surface area contributed by atoms with E-state index in [0.29, 0.717) is 14.7 Å². The number of carbonyl (C=O) groups is 1. The number of hydrazone groups is 1. The molecule has 2 N–H and O–H groups in total. The largest absolute Gasteiger partial charge is 0.506 e. The van der Waals surface area contributed by atoms with Crippen LogP contribution in [0.25, 0.3) is 0 Å². The van der Waals surface area contributed by atoms with Crippen LogP contribution in [0, 0.1) is 17.3 Å². The van der Waals surface area contributed by atoms with Gasteiger partial charge in [0.25, 0.3) is 5.69 Å². The van der Waals surface area contributed by atoms with Crippen LogP contribution in [0.3, 0.4) is 0 Å². The number of nitro benzene ring substituents is 1.